The van der Waals surface area contributed by atoms with Crippen LogP contribution in [0.15, 0.2) is 24.3 Å². The average molecular weight is 443 g/mol. The number of thiocarbonyl (C=S) groups is 1. The van der Waals surface area contributed by atoms with Crippen molar-refractivity contribution < 1.29 is 4.74 Å². The van der Waals surface area contributed by atoms with E-state index in [4.69, 9.17) is 17.0 Å². The van der Waals surface area contributed by atoms with Crippen molar-refractivity contribution in [1.29, 1.82) is 0 Å². The summed E-state index contributed by atoms with van der Waals surface area (Å²) in [5, 5.41) is 3.77. The Labute approximate surface area is 158 Å². The van der Waals surface area contributed by atoms with E-state index in [2.05, 4.69) is 47.0 Å². The minimum absolute atomic E-state index is 0.327. The molecule has 23 heavy (non-hydrogen) atoms. The van der Waals surface area contributed by atoms with Crippen molar-refractivity contribution in [2.45, 2.75) is 64.4 Å². The van der Waals surface area contributed by atoms with Gasteiger partial charge < -0.3 is 10.1 Å². The fourth-order valence-corrected chi connectivity index (χ4v) is 5.00. The zero-order valence-corrected chi connectivity index (χ0v) is 16.8. The van der Waals surface area contributed by atoms with Crippen LogP contribution in [0.3, 0.4) is 0 Å². The number of halogens is 1. The second-order valence-electron chi connectivity index (χ2n) is 7.16. The van der Waals surface area contributed by atoms with E-state index in [1.54, 1.807) is 0 Å². The standard InChI is InChI=1S/C19H26INOS/c1-2-4-14-7-10-19(11-8-14)12-9-17(19)22-18(23)21-16-6-3-5-15(20)13-16/h3,5-6,13-14,17H,2,4,7-12H2,1H3,(H,21,23). The van der Waals surface area contributed by atoms with Crippen LogP contribution >= 0.6 is 34.8 Å². The van der Waals surface area contributed by atoms with E-state index in [-0.39, 0.29) is 0 Å². The molecule has 0 aliphatic heterocycles. The minimum atomic E-state index is 0.327. The summed E-state index contributed by atoms with van der Waals surface area (Å²) in [5.74, 6) is 0.948. The first-order chi connectivity index (χ1) is 11.1. The molecule has 0 bridgehead atoms. The van der Waals surface area contributed by atoms with Gasteiger partial charge in [-0.1, -0.05) is 25.8 Å². The molecule has 0 radical (unpaired) electrons. The Balaban J connectivity index is 1.51. The maximum absolute atomic E-state index is 6.14. The van der Waals surface area contributed by atoms with Crippen molar-refractivity contribution in [3.63, 3.8) is 0 Å². The number of nitrogens with one attached hydrogen (secondary N) is 1. The highest BCUT2D eigenvalue weighted by Crippen LogP contribution is 2.54. The van der Waals surface area contributed by atoms with E-state index in [0.29, 0.717) is 16.7 Å². The molecule has 1 aromatic rings. The predicted molar refractivity (Wildman–Crippen MR) is 109 cm³/mol. The van der Waals surface area contributed by atoms with Gasteiger partial charge in [0.2, 0.25) is 0 Å². The quantitative estimate of drug-likeness (QED) is 0.446. The molecule has 4 heteroatoms. The molecule has 1 unspecified atom stereocenters. The fourth-order valence-electron chi connectivity index (χ4n) is 4.22. The summed E-state index contributed by atoms with van der Waals surface area (Å²) in [7, 11) is 0. The molecule has 126 valence electrons. The molecule has 3 rings (SSSR count). The molecule has 0 amide bonds. The number of hydrogen-bond donors (Lipinski definition) is 1. The Kier molecular flexibility index (Phi) is 5.83. The van der Waals surface area contributed by atoms with Crippen LogP contribution < -0.4 is 5.32 Å². The van der Waals surface area contributed by atoms with Crippen molar-refractivity contribution in [3.8, 4) is 0 Å². The lowest BCUT2D eigenvalue weighted by molar-refractivity contribution is -0.0843. The van der Waals surface area contributed by atoms with E-state index >= 15 is 0 Å². The zero-order valence-electron chi connectivity index (χ0n) is 13.8. The van der Waals surface area contributed by atoms with Gasteiger partial charge in [-0.3, -0.25) is 0 Å². The van der Waals surface area contributed by atoms with Crippen LogP contribution in [0.5, 0.6) is 0 Å². The number of benzene rings is 1. The van der Waals surface area contributed by atoms with Crippen molar-refractivity contribution in [1.82, 2.24) is 0 Å². The maximum Gasteiger partial charge on any atom is 0.261 e. The highest BCUT2D eigenvalue weighted by Gasteiger charge is 2.50. The van der Waals surface area contributed by atoms with E-state index in [1.807, 2.05) is 12.1 Å². The van der Waals surface area contributed by atoms with Crippen LogP contribution in [0, 0.1) is 14.9 Å². The van der Waals surface area contributed by atoms with Gasteiger partial charge in [-0.2, -0.15) is 0 Å². The molecule has 2 aliphatic rings. The summed E-state index contributed by atoms with van der Waals surface area (Å²) in [5.41, 5.74) is 1.43. The second-order valence-corrected chi connectivity index (χ2v) is 8.78. The Morgan fingerprint density at radius 2 is 2.04 bits per heavy atom. The van der Waals surface area contributed by atoms with Crippen LogP contribution in [0.1, 0.15) is 58.3 Å². The summed E-state index contributed by atoms with van der Waals surface area (Å²) in [4.78, 5) is 0. The van der Waals surface area contributed by atoms with Crippen LogP contribution in [-0.4, -0.2) is 11.3 Å². The zero-order chi connectivity index (χ0) is 16.3. The van der Waals surface area contributed by atoms with E-state index in [1.165, 1.54) is 48.5 Å². The van der Waals surface area contributed by atoms with Gasteiger partial charge >= 0.3 is 0 Å². The summed E-state index contributed by atoms with van der Waals surface area (Å²) in [6.45, 7) is 2.30. The van der Waals surface area contributed by atoms with Gasteiger partial charge in [-0.05, 0) is 97.5 Å². The Bertz CT molecular complexity index is 554. The minimum Gasteiger partial charge on any atom is -0.467 e. The molecule has 2 fully saturated rings. The predicted octanol–water partition coefficient (Wildman–Crippen LogP) is 6.14. The molecule has 2 nitrogen and oxygen atoms in total. The third kappa shape index (κ3) is 4.19. The second kappa shape index (κ2) is 7.68. The molecule has 1 aromatic carbocycles. The molecule has 2 aliphatic carbocycles. The Morgan fingerprint density at radius 3 is 2.65 bits per heavy atom. The van der Waals surface area contributed by atoms with E-state index in [9.17, 15) is 0 Å². The van der Waals surface area contributed by atoms with Crippen LogP contribution in [0.2, 0.25) is 0 Å². The molecular weight excluding hydrogens is 417 g/mol. The fraction of sp³-hybridized carbons (Fsp3) is 0.632. The Hall–Kier alpha value is -0.360. The smallest absolute Gasteiger partial charge is 0.261 e. The normalized spacial score (nSPS) is 29.8. The van der Waals surface area contributed by atoms with E-state index < -0.39 is 0 Å². The van der Waals surface area contributed by atoms with Crippen LogP contribution in [-0.2, 0) is 4.74 Å². The summed E-state index contributed by atoms with van der Waals surface area (Å²) in [6.07, 6.45) is 10.9. The van der Waals surface area contributed by atoms with Crippen molar-refractivity contribution >= 4 is 45.7 Å². The summed E-state index contributed by atoms with van der Waals surface area (Å²) in [6, 6.07) is 8.23. The number of rotatable bonds is 4. The molecule has 2 saturated carbocycles. The van der Waals surface area contributed by atoms with Gasteiger partial charge in [0.1, 0.15) is 6.10 Å². The maximum atomic E-state index is 6.14. The highest BCUT2D eigenvalue weighted by molar-refractivity contribution is 14.1. The molecule has 0 saturated heterocycles. The van der Waals surface area contributed by atoms with Crippen LogP contribution in [0.4, 0.5) is 5.69 Å². The number of anilines is 1. The molecule has 1 atom stereocenters. The third-order valence-corrected chi connectivity index (χ3v) is 6.57. The largest absolute Gasteiger partial charge is 0.467 e. The summed E-state index contributed by atoms with van der Waals surface area (Å²) < 4.78 is 7.34. The molecular formula is C19H26INOS. The number of hydrogen-bond acceptors (Lipinski definition) is 2. The van der Waals surface area contributed by atoms with Crippen LogP contribution in [0.25, 0.3) is 0 Å². The lowest BCUT2D eigenvalue weighted by Gasteiger charge is -2.52. The molecule has 0 aromatic heterocycles. The van der Waals surface area contributed by atoms with Gasteiger partial charge in [0.05, 0.1) is 0 Å². The lowest BCUT2D eigenvalue weighted by Crippen LogP contribution is -2.50. The van der Waals surface area contributed by atoms with Gasteiger partial charge in [0.15, 0.2) is 0 Å². The molecule has 0 heterocycles. The average Bonchev–Trinajstić information content (AvgIpc) is 2.53. The highest BCUT2D eigenvalue weighted by atomic mass is 127. The first-order valence-corrected chi connectivity index (χ1v) is 10.3. The lowest BCUT2D eigenvalue weighted by atomic mass is 9.57. The topological polar surface area (TPSA) is 21.3 Å². The van der Waals surface area contributed by atoms with Gasteiger partial charge in [0.25, 0.3) is 5.17 Å². The SMILES string of the molecule is CCCC1CCC2(CC1)CCC2OC(=S)Nc1cccc(I)c1. The first kappa shape index (κ1) is 17.5. The van der Waals surface area contributed by atoms with Crippen molar-refractivity contribution in [2.75, 3.05) is 5.32 Å². The van der Waals surface area contributed by atoms with Gasteiger partial charge in [-0.15, -0.1) is 0 Å². The van der Waals surface area contributed by atoms with E-state index in [0.717, 1.165) is 18.0 Å². The molecule has 1 N–H and O–H groups in total. The number of ether oxygens (including phenoxy) is 1. The van der Waals surface area contributed by atoms with Gasteiger partial charge in [0, 0.05) is 14.7 Å². The van der Waals surface area contributed by atoms with Crippen molar-refractivity contribution in [2.24, 2.45) is 11.3 Å². The first-order valence-electron chi connectivity index (χ1n) is 8.84. The Morgan fingerprint density at radius 1 is 1.30 bits per heavy atom. The summed E-state index contributed by atoms with van der Waals surface area (Å²) >= 11 is 7.75. The van der Waals surface area contributed by atoms with Gasteiger partial charge in [-0.25, -0.2) is 0 Å². The molecule has 1 spiro atoms. The van der Waals surface area contributed by atoms with Crippen molar-refractivity contribution in [3.05, 3.63) is 27.8 Å². The monoisotopic (exact) mass is 443 g/mol. The third-order valence-electron chi connectivity index (χ3n) is 5.71.